The Bertz CT molecular complexity index is 480. The summed E-state index contributed by atoms with van der Waals surface area (Å²) in [6, 6.07) is 7.60. The molecular formula is C16H27NO2S. The summed E-state index contributed by atoms with van der Waals surface area (Å²) in [5, 5.41) is 0. The van der Waals surface area contributed by atoms with Crippen LogP contribution >= 0.6 is 0 Å². The average Bonchev–Trinajstić information content (AvgIpc) is 2.39. The van der Waals surface area contributed by atoms with Crippen LogP contribution in [0.2, 0.25) is 0 Å². The highest BCUT2D eigenvalue weighted by Crippen LogP contribution is 2.15. The SMILES string of the molecule is CCCC(N)CCCc1ccc(S(=O)(=O)CCC)cc1. The molecule has 1 unspecified atom stereocenters. The summed E-state index contributed by atoms with van der Waals surface area (Å²) in [6.45, 7) is 4.03. The van der Waals surface area contributed by atoms with Gasteiger partial charge in [0.25, 0.3) is 0 Å². The Morgan fingerprint density at radius 2 is 1.70 bits per heavy atom. The van der Waals surface area contributed by atoms with Crippen molar-refractivity contribution >= 4 is 9.84 Å². The second-order valence-corrected chi connectivity index (χ2v) is 7.51. The van der Waals surface area contributed by atoms with Crippen molar-refractivity contribution < 1.29 is 8.42 Å². The number of nitrogens with two attached hydrogens (primary N) is 1. The summed E-state index contributed by atoms with van der Waals surface area (Å²) >= 11 is 0. The zero-order chi connectivity index (χ0) is 15.0. The smallest absolute Gasteiger partial charge is 0.178 e. The van der Waals surface area contributed by atoms with Gasteiger partial charge in [-0.05, 0) is 49.8 Å². The largest absolute Gasteiger partial charge is 0.328 e. The molecule has 3 nitrogen and oxygen atoms in total. The summed E-state index contributed by atoms with van der Waals surface area (Å²) in [5.74, 6) is 0.220. The quantitative estimate of drug-likeness (QED) is 0.760. The Kier molecular flexibility index (Phi) is 7.24. The zero-order valence-electron chi connectivity index (χ0n) is 12.6. The van der Waals surface area contributed by atoms with Gasteiger partial charge >= 0.3 is 0 Å². The predicted molar refractivity (Wildman–Crippen MR) is 84.6 cm³/mol. The van der Waals surface area contributed by atoms with E-state index in [1.165, 1.54) is 5.56 Å². The Morgan fingerprint density at radius 3 is 2.25 bits per heavy atom. The van der Waals surface area contributed by atoms with Crippen molar-refractivity contribution in [3.8, 4) is 0 Å². The lowest BCUT2D eigenvalue weighted by Gasteiger charge is -2.10. The Hall–Kier alpha value is -0.870. The normalized spacial score (nSPS) is 13.3. The van der Waals surface area contributed by atoms with Crippen molar-refractivity contribution in [1.29, 1.82) is 0 Å². The molecule has 20 heavy (non-hydrogen) atoms. The van der Waals surface area contributed by atoms with Crippen LogP contribution in [0, 0.1) is 0 Å². The highest BCUT2D eigenvalue weighted by Gasteiger charge is 2.12. The van der Waals surface area contributed by atoms with Gasteiger partial charge in [-0.1, -0.05) is 32.4 Å². The lowest BCUT2D eigenvalue weighted by Crippen LogP contribution is -2.19. The summed E-state index contributed by atoms with van der Waals surface area (Å²) in [5.41, 5.74) is 7.17. The van der Waals surface area contributed by atoms with E-state index < -0.39 is 9.84 Å². The van der Waals surface area contributed by atoms with Crippen molar-refractivity contribution in [3.05, 3.63) is 29.8 Å². The Morgan fingerprint density at radius 1 is 1.05 bits per heavy atom. The molecular weight excluding hydrogens is 270 g/mol. The molecule has 0 aliphatic carbocycles. The summed E-state index contributed by atoms with van der Waals surface area (Å²) in [7, 11) is -3.09. The van der Waals surface area contributed by atoms with Crippen molar-refractivity contribution in [1.82, 2.24) is 0 Å². The summed E-state index contributed by atoms with van der Waals surface area (Å²) in [4.78, 5) is 0.436. The molecule has 0 saturated carbocycles. The van der Waals surface area contributed by atoms with Gasteiger partial charge in [0.2, 0.25) is 0 Å². The molecule has 0 heterocycles. The maximum Gasteiger partial charge on any atom is 0.178 e. The van der Waals surface area contributed by atoms with E-state index in [2.05, 4.69) is 6.92 Å². The lowest BCUT2D eigenvalue weighted by molar-refractivity contribution is 0.539. The van der Waals surface area contributed by atoms with E-state index in [4.69, 9.17) is 5.73 Å². The third-order valence-corrected chi connectivity index (χ3v) is 5.39. The van der Waals surface area contributed by atoms with E-state index >= 15 is 0 Å². The first-order chi connectivity index (χ1) is 9.49. The fourth-order valence-corrected chi connectivity index (χ4v) is 3.66. The van der Waals surface area contributed by atoms with Crippen molar-refractivity contribution in [2.75, 3.05) is 5.75 Å². The number of rotatable bonds is 9. The Labute approximate surface area is 123 Å². The first-order valence-electron chi connectivity index (χ1n) is 7.57. The van der Waals surface area contributed by atoms with Crippen molar-refractivity contribution in [3.63, 3.8) is 0 Å². The molecule has 114 valence electrons. The summed E-state index contributed by atoms with van der Waals surface area (Å²) in [6.07, 6.45) is 5.91. The van der Waals surface area contributed by atoms with E-state index in [0.717, 1.165) is 32.1 Å². The molecule has 1 aromatic rings. The number of hydrogen-bond donors (Lipinski definition) is 1. The van der Waals surface area contributed by atoms with E-state index in [-0.39, 0.29) is 5.75 Å². The molecule has 0 amide bonds. The van der Waals surface area contributed by atoms with Gasteiger partial charge in [0.1, 0.15) is 0 Å². The van der Waals surface area contributed by atoms with Gasteiger partial charge in [-0.25, -0.2) is 8.42 Å². The first-order valence-corrected chi connectivity index (χ1v) is 9.22. The zero-order valence-corrected chi connectivity index (χ0v) is 13.5. The Balaban J connectivity index is 2.51. The van der Waals surface area contributed by atoms with Gasteiger partial charge in [0.05, 0.1) is 10.6 Å². The standard InChI is InChI=1S/C16H27NO2S/c1-3-6-15(17)8-5-7-14-9-11-16(12-10-14)20(18,19)13-4-2/h9-12,15H,3-8,13,17H2,1-2H3. The minimum atomic E-state index is -3.09. The molecule has 0 fully saturated rings. The third-order valence-electron chi connectivity index (χ3n) is 3.46. The van der Waals surface area contributed by atoms with Gasteiger partial charge in [-0.2, -0.15) is 0 Å². The van der Waals surface area contributed by atoms with Crippen LogP contribution in [0.5, 0.6) is 0 Å². The molecule has 0 spiro atoms. The van der Waals surface area contributed by atoms with E-state index in [0.29, 0.717) is 17.4 Å². The fraction of sp³-hybridized carbons (Fsp3) is 0.625. The highest BCUT2D eigenvalue weighted by atomic mass is 32.2. The highest BCUT2D eigenvalue weighted by molar-refractivity contribution is 7.91. The molecule has 1 rings (SSSR count). The molecule has 0 saturated heterocycles. The van der Waals surface area contributed by atoms with Gasteiger partial charge in [0, 0.05) is 6.04 Å². The van der Waals surface area contributed by atoms with Gasteiger partial charge < -0.3 is 5.73 Å². The maximum atomic E-state index is 11.9. The van der Waals surface area contributed by atoms with Crippen LogP contribution in [0.1, 0.15) is 51.5 Å². The second-order valence-electron chi connectivity index (χ2n) is 5.40. The van der Waals surface area contributed by atoms with Crippen LogP contribution in [0.25, 0.3) is 0 Å². The number of aryl methyl sites for hydroxylation is 1. The molecule has 0 aromatic heterocycles. The monoisotopic (exact) mass is 297 g/mol. The van der Waals surface area contributed by atoms with Crippen molar-refractivity contribution in [2.24, 2.45) is 5.73 Å². The number of sulfone groups is 1. The van der Waals surface area contributed by atoms with Crippen molar-refractivity contribution in [2.45, 2.75) is 63.3 Å². The number of hydrogen-bond acceptors (Lipinski definition) is 3. The topological polar surface area (TPSA) is 60.2 Å². The first kappa shape index (κ1) is 17.2. The predicted octanol–water partition coefficient (Wildman–Crippen LogP) is 3.32. The fourth-order valence-electron chi connectivity index (χ4n) is 2.33. The van der Waals surface area contributed by atoms with Gasteiger partial charge in [-0.3, -0.25) is 0 Å². The third kappa shape index (κ3) is 5.63. The minimum Gasteiger partial charge on any atom is -0.328 e. The lowest BCUT2D eigenvalue weighted by atomic mass is 10.0. The van der Waals surface area contributed by atoms with Crippen LogP contribution in [0.3, 0.4) is 0 Å². The molecule has 0 aliphatic heterocycles. The molecule has 0 bridgehead atoms. The summed E-state index contributed by atoms with van der Waals surface area (Å²) < 4.78 is 23.8. The molecule has 2 N–H and O–H groups in total. The van der Waals surface area contributed by atoms with Crippen LogP contribution in [0.15, 0.2) is 29.2 Å². The second kappa shape index (κ2) is 8.42. The molecule has 0 radical (unpaired) electrons. The molecule has 4 heteroatoms. The number of benzene rings is 1. The van der Waals surface area contributed by atoms with E-state index in [1.807, 2.05) is 19.1 Å². The molecule has 1 aromatic carbocycles. The van der Waals surface area contributed by atoms with E-state index in [9.17, 15) is 8.42 Å². The van der Waals surface area contributed by atoms with Crippen LogP contribution < -0.4 is 5.73 Å². The van der Waals surface area contributed by atoms with Crippen LogP contribution in [-0.2, 0) is 16.3 Å². The van der Waals surface area contributed by atoms with Crippen LogP contribution in [-0.4, -0.2) is 20.2 Å². The van der Waals surface area contributed by atoms with Gasteiger partial charge in [-0.15, -0.1) is 0 Å². The molecule has 1 atom stereocenters. The van der Waals surface area contributed by atoms with Gasteiger partial charge in [0.15, 0.2) is 9.84 Å². The molecule has 0 aliphatic rings. The average molecular weight is 297 g/mol. The minimum absolute atomic E-state index is 0.220. The van der Waals surface area contributed by atoms with Crippen LogP contribution in [0.4, 0.5) is 0 Å². The maximum absolute atomic E-state index is 11.9. The van der Waals surface area contributed by atoms with E-state index in [1.54, 1.807) is 12.1 Å².